The van der Waals surface area contributed by atoms with Crippen LogP contribution in [0.3, 0.4) is 0 Å². The number of hydrogen-bond acceptors (Lipinski definition) is 5. The van der Waals surface area contributed by atoms with Gasteiger partial charge < -0.3 is 14.2 Å². The van der Waals surface area contributed by atoms with Gasteiger partial charge in [-0.25, -0.2) is 4.98 Å². The van der Waals surface area contributed by atoms with E-state index in [4.69, 9.17) is 4.74 Å². The van der Waals surface area contributed by atoms with Crippen LogP contribution in [0.25, 0.3) is 5.13 Å². The van der Waals surface area contributed by atoms with E-state index in [9.17, 15) is 4.79 Å². The standard InChI is InChI=1S/C19H21N3O2S2/c1-14-17(26-19(20-14)21-8-2-3-9-21)18(23)22(13-16-5-4-12-25-16)15-6-10-24-11-7-15/h2-5,8-9,12,15H,6-7,10-11,13H2,1H3. The number of aryl methyl sites for hydroxylation is 1. The molecule has 0 radical (unpaired) electrons. The predicted octanol–water partition coefficient (Wildman–Crippen LogP) is 4.13. The molecule has 3 aromatic heterocycles. The van der Waals surface area contributed by atoms with Crippen LogP contribution in [0.2, 0.25) is 0 Å². The van der Waals surface area contributed by atoms with E-state index in [1.807, 2.05) is 47.0 Å². The zero-order valence-electron chi connectivity index (χ0n) is 14.6. The number of ether oxygens (including phenoxy) is 1. The third-order valence-corrected chi connectivity index (χ3v) is 6.62. The van der Waals surface area contributed by atoms with Crippen LogP contribution in [0.4, 0.5) is 0 Å². The van der Waals surface area contributed by atoms with Crippen molar-refractivity contribution in [2.24, 2.45) is 0 Å². The lowest BCUT2D eigenvalue weighted by Gasteiger charge is -2.34. The molecule has 0 N–H and O–H groups in total. The van der Waals surface area contributed by atoms with E-state index in [0.29, 0.717) is 6.54 Å². The van der Waals surface area contributed by atoms with Crippen LogP contribution in [0.15, 0.2) is 42.0 Å². The predicted molar refractivity (Wildman–Crippen MR) is 104 cm³/mol. The quantitative estimate of drug-likeness (QED) is 0.661. The van der Waals surface area contributed by atoms with Gasteiger partial charge in [-0.1, -0.05) is 17.4 Å². The first-order chi connectivity index (χ1) is 12.7. The van der Waals surface area contributed by atoms with Crippen molar-refractivity contribution in [3.8, 4) is 5.13 Å². The van der Waals surface area contributed by atoms with Crippen LogP contribution in [0.5, 0.6) is 0 Å². The molecule has 0 aromatic carbocycles. The highest BCUT2D eigenvalue weighted by Crippen LogP contribution is 2.27. The Morgan fingerprint density at radius 1 is 1.31 bits per heavy atom. The van der Waals surface area contributed by atoms with Gasteiger partial charge >= 0.3 is 0 Å². The van der Waals surface area contributed by atoms with Gasteiger partial charge in [0.1, 0.15) is 4.88 Å². The highest BCUT2D eigenvalue weighted by molar-refractivity contribution is 7.16. The van der Waals surface area contributed by atoms with Crippen LogP contribution in [-0.2, 0) is 11.3 Å². The molecule has 26 heavy (non-hydrogen) atoms. The first-order valence-corrected chi connectivity index (χ1v) is 10.4. The molecule has 0 bridgehead atoms. The number of carbonyl (C=O) groups excluding carboxylic acids is 1. The van der Waals surface area contributed by atoms with Gasteiger partial charge in [0.2, 0.25) is 0 Å². The summed E-state index contributed by atoms with van der Waals surface area (Å²) in [5, 5.41) is 2.89. The molecule has 1 fully saturated rings. The molecular weight excluding hydrogens is 366 g/mol. The minimum Gasteiger partial charge on any atom is -0.381 e. The maximum Gasteiger partial charge on any atom is 0.266 e. The Kier molecular flexibility index (Phi) is 5.19. The molecule has 3 aromatic rings. The van der Waals surface area contributed by atoms with E-state index in [1.54, 1.807) is 11.3 Å². The van der Waals surface area contributed by atoms with Crippen molar-refractivity contribution < 1.29 is 9.53 Å². The molecule has 0 atom stereocenters. The third-order valence-electron chi connectivity index (χ3n) is 4.60. The van der Waals surface area contributed by atoms with Crippen molar-refractivity contribution in [2.75, 3.05) is 13.2 Å². The van der Waals surface area contributed by atoms with Crippen molar-refractivity contribution in [2.45, 2.75) is 32.4 Å². The molecule has 1 saturated heterocycles. The van der Waals surface area contributed by atoms with Gasteiger partial charge in [0.15, 0.2) is 5.13 Å². The fourth-order valence-electron chi connectivity index (χ4n) is 3.22. The number of carbonyl (C=O) groups is 1. The van der Waals surface area contributed by atoms with E-state index in [-0.39, 0.29) is 11.9 Å². The Hall–Kier alpha value is -1.96. The van der Waals surface area contributed by atoms with Crippen molar-refractivity contribution in [1.82, 2.24) is 14.5 Å². The highest BCUT2D eigenvalue weighted by Gasteiger charge is 2.29. The van der Waals surface area contributed by atoms with Crippen LogP contribution in [-0.4, -0.2) is 39.6 Å². The van der Waals surface area contributed by atoms with Crippen LogP contribution in [0.1, 0.15) is 33.1 Å². The van der Waals surface area contributed by atoms with Crippen LogP contribution >= 0.6 is 22.7 Å². The molecule has 1 amide bonds. The summed E-state index contributed by atoms with van der Waals surface area (Å²) in [7, 11) is 0. The zero-order chi connectivity index (χ0) is 17.9. The number of thiophene rings is 1. The summed E-state index contributed by atoms with van der Waals surface area (Å²) < 4.78 is 7.45. The summed E-state index contributed by atoms with van der Waals surface area (Å²) in [4.78, 5) is 22.0. The molecule has 1 aliphatic rings. The molecular formula is C19H21N3O2S2. The Morgan fingerprint density at radius 2 is 2.08 bits per heavy atom. The lowest BCUT2D eigenvalue weighted by molar-refractivity contribution is 0.0272. The van der Waals surface area contributed by atoms with Gasteiger partial charge in [-0.15, -0.1) is 11.3 Å². The lowest BCUT2D eigenvalue weighted by atomic mass is 10.1. The average molecular weight is 388 g/mol. The monoisotopic (exact) mass is 387 g/mol. The minimum atomic E-state index is 0.0821. The van der Waals surface area contributed by atoms with Crippen molar-refractivity contribution in [1.29, 1.82) is 0 Å². The summed E-state index contributed by atoms with van der Waals surface area (Å²) in [6.07, 6.45) is 5.68. The molecule has 0 spiro atoms. The van der Waals surface area contributed by atoms with Gasteiger partial charge in [-0.3, -0.25) is 4.79 Å². The van der Waals surface area contributed by atoms with E-state index in [2.05, 4.69) is 16.4 Å². The second kappa shape index (κ2) is 7.73. The summed E-state index contributed by atoms with van der Waals surface area (Å²) >= 11 is 3.16. The first-order valence-electron chi connectivity index (χ1n) is 8.74. The topological polar surface area (TPSA) is 47.4 Å². The Bertz CT molecular complexity index is 850. The van der Waals surface area contributed by atoms with Crippen LogP contribution < -0.4 is 0 Å². The van der Waals surface area contributed by atoms with Gasteiger partial charge in [0, 0.05) is 36.5 Å². The van der Waals surface area contributed by atoms with E-state index >= 15 is 0 Å². The summed E-state index contributed by atoms with van der Waals surface area (Å²) in [6.45, 7) is 4.01. The Balaban J connectivity index is 1.63. The van der Waals surface area contributed by atoms with E-state index in [1.165, 1.54) is 16.2 Å². The van der Waals surface area contributed by atoms with Crippen molar-refractivity contribution in [3.63, 3.8) is 0 Å². The van der Waals surface area contributed by atoms with Crippen molar-refractivity contribution >= 4 is 28.6 Å². The second-order valence-electron chi connectivity index (χ2n) is 6.36. The molecule has 0 saturated carbocycles. The normalized spacial score (nSPS) is 15.3. The molecule has 136 valence electrons. The van der Waals surface area contributed by atoms with Crippen molar-refractivity contribution in [3.05, 3.63) is 57.5 Å². The summed E-state index contributed by atoms with van der Waals surface area (Å²) in [5.74, 6) is 0.0821. The molecule has 0 unspecified atom stereocenters. The highest BCUT2D eigenvalue weighted by atomic mass is 32.1. The van der Waals surface area contributed by atoms with E-state index < -0.39 is 0 Å². The fourth-order valence-corrected chi connectivity index (χ4v) is 4.91. The van der Waals surface area contributed by atoms with E-state index in [0.717, 1.165) is 41.8 Å². The Labute approximate surface area is 160 Å². The van der Waals surface area contributed by atoms with Gasteiger partial charge in [-0.2, -0.15) is 0 Å². The van der Waals surface area contributed by atoms with Gasteiger partial charge in [0.25, 0.3) is 5.91 Å². The minimum absolute atomic E-state index is 0.0821. The van der Waals surface area contributed by atoms with Gasteiger partial charge in [0.05, 0.1) is 12.2 Å². The second-order valence-corrected chi connectivity index (χ2v) is 8.37. The molecule has 0 aliphatic carbocycles. The average Bonchev–Trinajstić information content (AvgIpc) is 3.41. The summed E-state index contributed by atoms with van der Waals surface area (Å²) in [6, 6.07) is 8.27. The maximum absolute atomic E-state index is 13.4. The number of amides is 1. The number of aromatic nitrogens is 2. The number of thiazole rings is 1. The number of hydrogen-bond donors (Lipinski definition) is 0. The molecule has 1 aliphatic heterocycles. The molecule has 7 heteroatoms. The fraction of sp³-hybridized carbons (Fsp3) is 0.368. The first kappa shape index (κ1) is 17.5. The third kappa shape index (κ3) is 3.60. The number of nitrogens with zero attached hydrogens (tertiary/aromatic N) is 3. The SMILES string of the molecule is Cc1nc(-n2cccc2)sc1C(=O)N(Cc1cccs1)C1CCOCC1. The smallest absolute Gasteiger partial charge is 0.266 e. The van der Waals surface area contributed by atoms with Gasteiger partial charge in [-0.05, 0) is 43.3 Å². The lowest BCUT2D eigenvalue weighted by Crippen LogP contribution is -2.42. The summed E-state index contributed by atoms with van der Waals surface area (Å²) in [5.41, 5.74) is 0.798. The molecule has 4 rings (SSSR count). The molecule has 4 heterocycles. The zero-order valence-corrected chi connectivity index (χ0v) is 16.3. The maximum atomic E-state index is 13.4. The Morgan fingerprint density at radius 3 is 2.77 bits per heavy atom. The largest absolute Gasteiger partial charge is 0.381 e. The van der Waals surface area contributed by atoms with Crippen LogP contribution in [0, 0.1) is 6.92 Å². The number of rotatable bonds is 5. The molecule has 5 nitrogen and oxygen atoms in total.